The molecule has 228 valence electrons. The Hall–Kier alpha value is -3.97. The van der Waals surface area contributed by atoms with E-state index in [9.17, 15) is 14.7 Å². The lowest BCUT2D eigenvalue weighted by atomic mass is 9.83. The van der Waals surface area contributed by atoms with E-state index < -0.39 is 5.97 Å². The van der Waals surface area contributed by atoms with Gasteiger partial charge in [0.2, 0.25) is 5.91 Å². The van der Waals surface area contributed by atoms with Gasteiger partial charge < -0.3 is 14.6 Å². The molecule has 1 saturated carbocycles. The summed E-state index contributed by atoms with van der Waals surface area (Å²) in [4.78, 5) is 33.3. The van der Waals surface area contributed by atoms with Crippen LogP contribution in [0.2, 0.25) is 0 Å². The molecule has 0 radical (unpaired) electrons. The van der Waals surface area contributed by atoms with Crippen LogP contribution in [0.15, 0.2) is 60.7 Å². The van der Waals surface area contributed by atoms with Crippen molar-refractivity contribution in [3.05, 3.63) is 76.7 Å². The van der Waals surface area contributed by atoms with E-state index in [1.807, 2.05) is 17.0 Å². The van der Waals surface area contributed by atoms with E-state index in [0.29, 0.717) is 10.8 Å². The SMILES string of the molecule is CCCN(CCC)C(=O)Cn1c(-c2ccc3nc(-c4ccccc4C)ccc3c2)c(C2CCCCC2)c2sc(C(=O)O)cc21. The van der Waals surface area contributed by atoms with Crippen molar-refractivity contribution in [3.63, 3.8) is 0 Å². The van der Waals surface area contributed by atoms with Gasteiger partial charge in [-0.25, -0.2) is 9.78 Å². The molecule has 0 saturated heterocycles. The average molecular weight is 608 g/mol. The standard InChI is InChI=1S/C37H41N3O3S/c1-4-19-39(20-5-2)33(41)23-40-31-22-32(37(42)43)44-36(31)34(25-12-7-6-8-13-25)35(40)27-16-17-29-26(21-27)15-18-30(38-29)28-14-10-9-11-24(28)3/h9-11,14-18,21-22,25H,4-8,12-13,19-20,23H2,1-3H3,(H,42,43). The Balaban J connectivity index is 1.53. The van der Waals surface area contributed by atoms with Crippen LogP contribution in [0.1, 0.15) is 85.5 Å². The smallest absolute Gasteiger partial charge is 0.345 e. The number of carboxylic acid groups (broad SMARTS) is 1. The first-order chi connectivity index (χ1) is 21.4. The molecule has 6 rings (SSSR count). The molecule has 1 amide bonds. The molecule has 44 heavy (non-hydrogen) atoms. The molecule has 0 atom stereocenters. The Kier molecular flexibility index (Phi) is 8.85. The predicted molar refractivity (Wildman–Crippen MR) is 181 cm³/mol. The molecule has 0 spiro atoms. The number of hydrogen-bond acceptors (Lipinski definition) is 4. The molecule has 0 bridgehead atoms. The van der Waals surface area contributed by atoms with E-state index in [4.69, 9.17) is 4.98 Å². The molecule has 0 aliphatic heterocycles. The minimum absolute atomic E-state index is 0.0791. The third-order valence-corrected chi connectivity index (χ3v) is 10.2. The maximum atomic E-state index is 13.8. The van der Waals surface area contributed by atoms with Gasteiger partial charge in [0.1, 0.15) is 11.4 Å². The molecule has 7 heteroatoms. The highest BCUT2D eigenvalue weighted by Crippen LogP contribution is 2.47. The zero-order valence-corrected chi connectivity index (χ0v) is 26.8. The van der Waals surface area contributed by atoms with Gasteiger partial charge in [-0.05, 0) is 79.5 Å². The van der Waals surface area contributed by atoms with Gasteiger partial charge in [0.25, 0.3) is 0 Å². The fraction of sp³-hybridized carbons (Fsp3) is 0.378. The number of hydrogen-bond donors (Lipinski definition) is 1. The summed E-state index contributed by atoms with van der Waals surface area (Å²) in [6, 6.07) is 20.7. The van der Waals surface area contributed by atoms with Crippen molar-refractivity contribution in [1.82, 2.24) is 14.5 Å². The molecular weight excluding hydrogens is 566 g/mol. The van der Waals surface area contributed by atoms with Gasteiger partial charge in [-0.15, -0.1) is 11.3 Å². The number of rotatable bonds is 10. The summed E-state index contributed by atoms with van der Waals surface area (Å²) in [7, 11) is 0. The molecule has 3 heterocycles. The van der Waals surface area contributed by atoms with E-state index in [1.165, 1.54) is 28.9 Å². The van der Waals surface area contributed by atoms with Gasteiger partial charge in [-0.3, -0.25) is 4.79 Å². The van der Waals surface area contributed by atoms with Gasteiger partial charge >= 0.3 is 5.97 Å². The molecule has 6 nitrogen and oxygen atoms in total. The highest BCUT2D eigenvalue weighted by atomic mass is 32.1. The van der Waals surface area contributed by atoms with Crippen molar-refractivity contribution in [2.45, 2.75) is 78.2 Å². The number of aromatic carboxylic acids is 1. The summed E-state index contributed by atoms with van der Waals surface area (Å²) in [5.41, 5.74) is 8.38. The van der Waals surface area contributed by atoms with E-state index in [0.717, 1.165) is 95.2 Å². The van der Waals surface area contributed by atoms with E-state index in [-0.39, 0.29) is 12.5 Å². The van der Waals surface area contributed by atoms with Crippen molar-refractivity contribution < 1.29 is 14.7 Å². The summed E-state index contributed by atoms with van der Waals surface area (Å²) >= 11 is 1.36. The number of aryl methyl sites for hydroxylation is 1. The third-order valence-electron chi connectivity index (χ3n) is 9.01. The highest BCUT2D eigenvalue weighted by Gasteiger charge is 2.30. The Morgan fingerprint density at radius 3 is 2.43 bits per heavy atom. The van der Waals surface area contributed by atoms with Crippen LogP contribution in [0.3, 0.4) is 0 Å². The van der Waals surface area contributed by atoms with E-state index in [2.05, 4.69) is 67.8 Å². The number of carboxylic acids is 1. The highest BCUT2D eigenvalue weighted by molar-refractivity contribution is 7.21. The van der Waals surface area contributed by atoms with E-state index in [1.54, 1.807) is 6.07 Å². The first kappa shape index (κ1) is 30.1. The van der Waals surface area contributed by atoms with Crippen molar-refractivity contribution >= 4 is 44.3 Å². The maximum Gasteiger partial charge on any atom is 0.345 e. The van der Waals surface area contributed by atoms with Crippen molar-refractivity contribution in [1.29, 1.82) is 0 Å². The van der Waals surface area contributed by atoms with Gasteiger partial charge in [0.15, 0.2) is 0 Å². The third kappa shape index (κ3) is 5.77. The molecule has 5 aromatic rings. The van der Waals surface area contributed by atoms with Crippen LogP contribution in [-0.2, 0) is 11.3 Å². The number of aromatic nitrogens is 2. The lowest BCUT2D eigenvalue weighted by Crippen LogP contribution is -2.35. The number of fused-ring (bicyclic) bond motifs is 2. The molecular formula is C37H41N3O3S. The van der Waals surface area contributed by atoms with Crippen LogP contribution in [0.4, 0.5) is 0 Å². The minimum Gasteiger partial charge on any atom is -0.477 e. The fourth-order valence-electron chi connectivity index (χ4n) is 6.92. The second-order valence-electron chi connectivity index (χ2n) is 12.1. The number of nitrogens with zero attached hydrogens (tertiary/aromatic N) is 3. The van der Waals surface area contributed by atoms with Gasteiger partial charge in [0, 0.05) is 24.0 Å². The minimum atomic E-state index is -0.917. The van der Waals surface area contributed by atoms with Crippen molar-refractivity contribution in [2.24, 2.45) is 0 Å². The number of benzene rings is 2. The topological polar surface area (TPSA) is 75.4 Å². The van der Waals surface area contributed by atoms with Gasteiger partial charge in [-0.1, -0.05) is 69.5 Å². The summed E-state index contributed by atoms with van der Waals surface area (Å²) in [6.07, 6.45) is 7.51. The molecule has 1 aliphatic rings. The number of carbonyl (C=O) groups is 2. The molecule has 0 unspecified atom stereocenters. The number of thiophene rings is 1. The molecule has 3 aromatic heterocycles. The van der Waals surface area contributed by atoms with Crippen LogP contribution >= 0.6 is 11.3 Å². The molecule has 2 aromatic carbocycles. The average Bonchev–Trinajstić information content (AvgIpc) is 3.59. The first-order valence-corrected chi connectivity index (χ1v) is 16.8. The monoisotopic (exact) mass is 607 g/mol. The zero-order chi connectivity index (χ0) is 30.8. The summed E-state index contributed by atoms with van der Waals surface area (Å²) in [6.45, 7) is 7.94. The molecule has 1 N–H and O–H groups in total. The predicted octanol–water partition coefficient (Wildman–Crippen LogP) is 9.29. The van der Waals surface area contributed by atoms with Crippen LogP contribution < -0.4 is 0 Å². The maximum absolute atomic E-state index is 13.8. The van der Waals surface area contributed by atoms with Crippen LogP contribution in [0, 0.1) is 6.92 Å². The second-order valence-corrected chi connectivity index (χ2v) is 13.2. The van der Waals surface area contributed by atoms with Gasteiger partial charge in [0.05, 0.1) is 27.1 Å². The zero-order valence-electron chi connectivity index (χ0n) is 25.9. The largest absolute Gasteiger partial charge is 0.477 e. The van der Waals surface area contributed by atoms with E-state index >= 15 is 0 Å². The van der Waals surface area contributed by atoms with Crippen LogP contribution in [-0.4, -0.2) is 44.5 Å². The molecule has 1 aliphatic carbocycles. The fourth-order valence-corrected chi connectivity index (χ4v) is 8.04. The summed E-state index contributed by atoms with van der Waals surface area (Å²) < 4.78 is 3.14. The number of carbonyl (C=O) groups excluding carboxylic acids is 1. The van der Waals surface area contributed by atoms with Crippen molar-refractivity contribution in [2.75, 3.05) is 13.1 Å². The summed E-state index contributed by atoms with van der Waals surface area (Å²) in [5.74, 6) is -0.506. The Morgan fingerprint density at radius 2 is 1.73 bits per heavy atom. The first-order valence-electron chi connectivity index (χ1n) is 16.0. The number of amides is 1. The van der Waals surface area contributed by atoms with Gasteiger partial charge in [-0.2, -0.15) is 0 Å². The Morgan fingerprint density at radius 1 is 0.977 bits per heavy atom. The quantitative estimate of drug-likeness (QED) is 0.172. The molecule has 1 fully saturated rings. The Bertz CT molecular complexity index is 1820. The normalized spacial score (nSPS) is 14.0. The lowest BCUT2D eigenvalue weighted by Gasteiger charge is -2.25. The Labute approximate surface area is 263 Å². The summed E-state index contributed by atoms with van der Waals surface area (Å²) in [5, 5.41) is 11.0. The van der Waals surface area contributed by atoms with Crippen molar-refractivity contribution in [3.8, 4) is 22.5 Å². The number of pyridine rings is 1. The lowest BCUT2D eigenvalue weighted by molar-refractivity contribution is -0.131. The second kappa shape index (κ2) is 12.9. The van der Waals surface area contributed by atoms with Crippen LogP contribution in [0.25, 0.3) is 43.6 Å². The van der Waals surface area contributed by atoms with Crippen LogP contribution in [0.5, 0.6) is 0 Å².